The summed E-state index contributed by atoms with van der Waals surface area (Å²) in [5, 5.41) is 6.34. The molecular weight excluding hydrogens is 218 g/mol. The maximum Gasteiger partial charge on any atom is 0.317 e. The third-order valence-electron chi connectivity index (χ3n) is 3.10. The first-order chi connectivity index (χ1) is 8.24. The SMILES string of the molecule is CC1CCN(C(=O)NCCCCN=[N+]=[N-])CC1. The molecule has 0 saturated carbocycles. The number of carbonyl (C=O) groups excluding carboxylic acids is 1. The van der Waals surface area contributed by atoms with E-state index >= 15 is 0 Å². The number of unbranched alkanes of at least 4 members (excludes halogenated alkanes) is 1. The Hall–Kier alpha value is -1.42. The average Bonchev–Trinajstić information content (AvgIpc) is 2.34. The predicted octanol–water partition coefficient (Wildman–Crippen LogP) is 2.52. The minimum Gasteiger partial charge on any atom is -0.338 e. The molecule has 6 heteroatoms. The van der Waals surface area contributed by atoms with Crippen molar-refractivity contribution >= 4 is 6.03 Å². The van der Waals surface area contributed by atoms with Crippen LogP contribution >= 0.6 is 0 Å². The summed E-state index contributed by atoms with van der Waals surface area (Å²) in [6.45, 7) is 5.13. The van der Waals surface area contributed by atoms with E-state index in [9.17, 15) is 4.79 Å². The zero-order valence-corrected chi connectivity index (χ0v) is 10.4. The minimum absolute atomic E-state index is 0.0423. The quantitative estimate of drug-likeness (QED) is 0.340. The Morgan fingerprint density at radius 1 is 1.47 bits per heavy atom. The lowest BCUT2D eigenvalue weighted by atomic mass is 10.00. The van der Waals surface area contributed by atoms with Crippen molar-refractivity contribution in [2.75, 3.05) is 26.2 Å². The number of nitrogens with one attached hydrogen (secondary N) is 1. The van der Waals surface area contributed by atoms with Gasteiger partial charge in [-0.3, -0.25) is 0 Å². The molecule has 0 atom stereocenters. The lowest BCUT2D eigenvalue weighted by Crippen LogP contribution is -2.44. The van der Waals surface area contributed by atoms with Gasteiger partial charge in [-0.05, 0) is 37.1 Å². The average molecular weight is 239 g/mol. The molecule has 0 spiro atoms. The number of azide groups is 1. The molecule has 0 aromatic rings. The van der Waals surface area contributed by atoms with Crippen LogP contribution < -0.4 is 5.32 Å². The monoisotopic (exact) mass is 239 g/mol. The molecule has 0 radical (unpaired) electrons. The Balaban J connectivity index is 2.06. The maximum absolute atomic E-state index is 11.7. The Bertz CT molecular complexity index is 280. The summed E-state index contributed by atoms with van der Waals surface area (Å²) in [6.07, 6.45) is 3.88. The van der Waals surface area contributed by atoms with Crippen molar-refractivity contribution in [3.8, 4) is 0 Å². The molecule has 1 heterocycles. The van der Waals surface area contributed by atoms with E-state index in [1.54, 1.807) is 0 Å². The molecule has 96 valence electrons. The molecule has 0 aliphatic carbocycles. The molecular formula is C11H21N5O. The Labute approximate surface area is 102 Å². The van der Waals surface area contributed by atoms with Gasteiger partial charge in [-0.2, -0.15) is 0 Å². The highest BCUT2D eigenvalue weighted by Crippen LogP contribution is 2.15. The van der Waals surface area contributed by atoms with Crippen molar-refractivity contribution in [1.82, 2.24) is 10.2 Å². The molecule has 0 aromatic carbocycles. The third kappa shape index (κ3) is 5.45. The highest BCUT2D eigenvalue weighted by Gasteiger charge is 2.19. The van der Waals surface area contributed by atoms with Crippen LogP contribution in [-0.4, -0.2) is 37.1 Å². The van der Waals surface area contributed by atoms with Crippen LogP contribution in [0.3, 0.4) is 0 Å². The van der Waals surface area contributed by atoms with Crippen LogP contribution in [0.4, 0.5) is 4.79 Å². The largest absolute Gasteiger partial charge is 0.338 e. The van der Waals surface area contributed by atoms with Crippen LogP contribution in [0.25, 0.3) is 10.4 Å². The summed E-state index contributed by atoms with van der Waals surface area (Å²) >= 11 is 0. The highest BCUT2D eigenvalue weighted by molar-refractivity contribution is 5.74. The van der Waals surface area contributed by atoms with E-state index in [-0.39, 0.29) is 6.03 Å². The van der Waals surface area contributed by atoms with E-state index < -0.39 is 0 Å². The molecule has 17 heavy (non-hydrogen) atoms. The lowest BCUT2D eigenvalue weighted by molar-refractivity contribution is 0.174. The summed E-state index contributed by atoms with van der Waals surface area (Å²) in [7, 11) is 0. The maximum atomic E-state index is 11.7. The normalized spacial score (nSPS) is 16.4. The molecule has 6 nitrogen and oxygen atoms in total. The van der Waals surface area contributed by atoms with Gasteiger partial charge in [-0.1, -0.05) is 12.0 Å². The number of hydrogen-bond acceptors (Lipinski definition) is 2. The van der Waals surface area contributed by atoms with Gasteiger partial charge in [-0.15, -0.1) is 0 Å². The fourth-order valence-electron chi connectivity index (χ4n) is 1.87. The second kappa shape index (κ2) is 7.79. The Morgan fingerprint density at radius 2 is 2.18 bits per heavy atom. The van der Waals surface area contributed by atoms with Gasteiger partial charge in [0.25, 0.3) is 0 Å². The number of rotatable bonds is 5. The van der Waals surface area contributed by atoms with Crippen molar-refractivity contribution in [3.63, 3.8) is 0 Å². The number of nitrogens with zero attached hydrogens (tertiary/aromatic N) is 4. The minimum atomic E-state index is 0.0423. The standard InChI is InChI=1S/C11H21N5O/c1-10-4-8-16(9-5-10)11(17)13-6-2-3-7-14-15-12/h10H,2-9H2,1H3,(H,13,17). The van der Waals surface area contributed by atoms with Gasteiger partial charge in [0, 0.05) is 31.1 Å². The van der Waals surface area contributed by atoms with E-state index in [0.717, 1.165) is 44.7 Å². The van der Waals surface area contributed by atoms with Gasteiger partial charge in [-0.25, -0.2) is 4.79 Å². The Kier molecular flexibility index (Phi) is 6.25. The molecule has 1 saturated heterocycles. The molecule has 1 fully saturated rings. The first-order valence-corrected chi connectivity index (χ1v) is 6.27. The van der Waals surface area contributed by atoms with Gasteiger partial charge in [0.2, 0.25) is 0 Å². The zero-order valence-electron chi connectivity index (χ0n) is 10.4. The van der Waals surface area contributed by atoms with E-state index in [1.807, 2.05) is 4.90 Å². The molecule has 2 amide bonds. The van der Waals surface area contributed by atoms with E-state index in [2.05, 4.69) is 22.3 Å². The second-order valence-electron chi connectivity index (χ2n) is 4.56. The number of urea groups is 1. The molecule has 1 aliphatic rings. The lowest BCUT2D eigenvalue weighted by Gasteiger charge is -2.30. The molecule has 0 aromatic heterocycles. The number of likely N-dealkylation sites (tertiary alicyclic amines) is 1. The van der Waals surface area contributed by atoms with Crippen LogP contribution in [0, 0.1) is 5.92 Å². The fourth-order valence-corrected chi connectivity index (χ4v) is 1.87. The highest BCUT2D eigenvalue weighted by atomic mass is 16.2. The van der Waals surface area contributed by atoms with Crippen LogP contribution in [0.15, 0.2) is 5.11 Å². The summed E-state index contributed by atoms with van der Waals surface area (Å²) in [5.74, 6) is 0.739. The number of amides is 2. The number of hydrogen-bond donors (Lipinski definition) is 1. The van der Waals surface area contributed by atoms with Gasteiger partial charge >= 0.3 is 6.03 Å². The van der Waals surface area contributed by atoms with Gasteiger partial charge in [0.1, 0.15) is 0 Å². The number of piperidine rings is 1. The fraction of sp³-hybridized carbons (Fsp3) is 0.909. The molecule has 1 aliphatic heterocycles. The summed E-state index contributed by atoms with van der Waals surface area (Å²) in [6, 6.07) is 0.0423. The second-order valence-corrected chi connectivity index (χ2v) is 4.56. The molecule has 0 unspecified atom stereocenters. The van der Waals surface area contributed by atoms with Crippen molar-refractivity contribution < 1.29 is 4.79 Å². The zero-order chi connectivity index (χ0) is 12.5. The topological polar surface area (TPSA) is 81.1 Å². The number of carbonyl (C=O) groups is 1. The van der Waals surface area contributed by atoms with Crippen molar-refractivity contribution in [2.24, 2.45) is 11.0 Å². The van der Waals surface area contributed by atoms with Gasteiger partial charge < -0.3 is 10.2 Å². The van der Waals surface area contributed by atoms with Crippen molar-refractivity contribution in [3.05, 3.63) is 10.4 Å². The smallest absolute Gasteiger partial charge is 0.317 e. The predicted molar refractivity (Wildman–Crippen MR) is 66.6 cm³/mol. The van der Waals surface area contributed by atoms with E-state index in [4.69, 9.17) is 5.53 Å². The van der Waals surface area contributed by atoms with Crippen LogP contribution in [-0.2, 0) is 0 Å². The first-order valence-electron chi connectivity index (χ1n) is 6.27. The molecule has 1 rings (SSSR count). The van der Waals surface area contributed by atoms with Crippen LogP contribution in [0.2, 0.25) is 0 Å². The summed E-state index contributed by atoms with van der Waals surface area (Å²) in [4.78, 5) is 16.3. The molecule has 1 N–H and O–H groups in total. The van der Waals surface area contributed by atoms with E-state index in [1.165, 1.54) is 0 Å². The van der Waals surface area contributed by atoms with Crippen molar-refractivity contribution in [1.29, 1.82) is 0 Å². The third-order valence-corrected chi connectivity index (χ3v) is 3.10. The van der Waals surface area contributed by atoms with Gasteiger partial charge in [0.15, 0.2) is 0 Å². The Morgan fingerprint density at radius 3 is 2.82 bits per heavy atom. The van der Waals surface area contributed by atoms with E-state index in [0.29, 0.717) is 13.1 Å². The van der Waals surface area contributed by atoms with Crippen LogP contribution in [0.1, 0.15) is 32.6 Å². The molecule has 0 bridgehead atoms. The van der Waals surface area contributed by atoms with Crippen LogP contribution in [0.5, 0.6) is 0 Å². The van der Waals surface area contributed by atoms with Crippen molar-refractivity contribution in [2.45, 2.75) is 32.6 Å². The summed E-state index contributed by atoms with van der Waals surface area (Å²) in [5.41, 5.74) is 8.08. The first kappa shape index (κ1) is 13.6. The summed E-state index contributed by atoms with van der Waals surface area (Å²) < 4.78 is 0. The van der Waals surface area contributed by atoms with Gasteiger partial charge in [0.05, 0.1) is 0 Å².